The second-order valence-corrected chi connectivity index (χ2v) is 3.96. The van der Waals surface area contributed by atoms with Crippen LogP contribution in [0.15, 0.2) is 6.20 Å². The molecule has 0 N–H and O–H groups in total. The lowest BCUT2D eigenvalue weighted by molar-refractivity contribution is 0.146. The van der Waals surface area contributed by atoms with Crippen LogP contribution in [0.1, 0.15) is 17.7 Å². The maximum Gasteiger partial charge on any atom is 0.281 e. The molecule has 1 heterocycles. The molecule has 74 valence electrons. The molecule has 1 rings (SSSR count). The first-order chi connectivity index (χ1) is 6.57. The fourth-order valence-electron chi connectivity index (χ4n) is 0.913. The van der Waals surface area contributed by atoms with Crippen LogP contribution >= 0.6 is 34.2 Å². The lowest BCUT2D eigenvalue weighted by atomic mass is 10.2. The van der Waals surface area contributed by atoms with Gasteiger partial charge in [0.25, 0.3) is 6.43 Å². The fraction of sp³-hybridized carbons (Fsp3) is 0.250. The van der Waals surface area contributed by atoms with Gasteiger partial charge in [-0.25, -0.2) is 8.78 Å². The Morgan fingerprint density at radius 3 is 2.79 bits per heavy atom. The number of pyridine rings is 1. The summed E-state index contributed by atoms with van der Waals surface area (Å²) in [6.07, 6.45) is -1.41. The number of nitrogens with zero attached hydrogens (tertiary/aromatic N) is 2. The zero-order chi connectivity index (χ0) is 10.7. The molecule has 0 saturated heterocycles. The van der Waals surface area contributed by atoms with Crippen molar-refractivity contribution in [2.75, 3.05) is 0 Å². The van der Waals surface area contributed by atoms with Crippen molar-refractivity contribution in [3.05, 3.63) is 26.0 Å². The summed E-state index contributed by atoms with van der Waals surface area (Å²) in [6, 6.07) is 1.87. The number of rotatable bonds is 2. The maximum atomic E-state index is 12.3. The molecule has 2 nitrogen and oxygen atoms in total. The minimum absolute atomic E-state index is 0.0132. The molecule has 0 amide bonds. The van der Waals surface area contributed by atoms with E-state index in [4.69, 9.17) is 16.9 Å². The monoisotopic (exact) mass is 328 g/mol. The number of aromatic nitrogens is 1. The predicted molar refractivity (Wildman–Crippen MR) is 56.2 cm³/mol. The van der Waals surface area contributed by atoms with Crippen LogP contribution < -0.4 is 0 Å². The molecule has 0 aliphatic rings. The molecule has 1 aromatic heterocycles. The van der Waals surface area contributed by atoms with Crippen molar-refractivity contribution in [2.45, 2.75) is 12.8 Å². The van der Waals surface area contributed by atoms with Gasteiger partial charge in [-0.2, -0.15) is 5.26 Å². The van der Waals surface area contributed by atoms with E-state index < -0.39 is 12.1 Å². The van der Waals surface area contributed by atoms with E-state index in [1.54, 1.807) is 0 Å². The van der Waals surface area contributed by atoms with Crippen molar-refractivity contribution in [1.29, 1.82) is 5.26 Å². The summed E-state index contributed by atoms with van der Waals surface area (Å²) >= 11 is 7.60. The minimum atomic E-state index is -2.71. The van der Waals surface area contributed by atoms with Gasteiger partial charge in [0, 0.05) is 15.3 Å². The van der Waals surface area contributed by atoms with Crippen LogP contribution in [0.3, 0.4) is 0 Å². The van der Waals surface area contributed by atoms with E-state index >= 15 is 0 Å². The summed E-state index contributed by atoms with van der Waals surface area (Å²) in [7, 11) is 0. The van der Waals surface area contributed by atoms with Crippen LogP contribution in [-0.4, -0.2) is 4.98 Å². The second-order valence-electron chi connectivity index (χ2n) is 2.42. The molecule has 0 fully saturated rings. The highest BCUT2D eigenvalue weighted by molar-refractivity contribution is 14.1. The molecule has 6 heteroatoms. The van der Waals surface area contributed by atoms with E-state index in [-0.39, 0.29) is 11.4 Å². The molecular formula is C8H4ClF2IN2. The predicted octanol–water partition coefficient (Wildman–Crippen LogP) is 3.34. The van der Waals surface area contributed by atoms with Crippen molar-refractivity contribution < 1.29 is 8.78 Å². The van der Waals surface area contributed by atoms with Crippen LogP contribution in [-0.2, 0) is 6.42 Å². The standard InChI is InChI=1S/C8H4ClF2IN2/c9-6-4(1-2-13)5(12)3-14-7(6)8(10)11/h3,8H,1H2. The van der Waals surface area contributed by atoms with Crippen LogP contribution in [0.2, 0.25) is 5.02 Å². The van der Waals surface area contributed by atoms with Crippen molar-refractivity contribution in [2.24, 2.45) is 0 Å². The van der Waals surface area contributed by atoms with Gasteiger partial charge in [0.05, 0.1) is 17.5 Å². The Kier molecular flexibility index (Phi) is 4.01. The number of halogens is 4. The van der Waals surface area contributed by atoms with E-state index in [1.165, 1.54) is 6.20 Å². The van der Waals surface area contributed by atoms with E-state index in [0.717, 1.165) is 0 Å². The lowest BCUT2D eigenvalue weighted by Gasteiger charge is -2.07. The Labute approximate surface area is 98.0 Å². The van der Waals surface area contributed by atoms with Crippen LogP contribution in [0.4, 0.5) is 8.78 Å². The molecule has 0 radical (unpaired) electrons. The molecule has 0 saturated carbocycles. The van der Waals surface area contributed by atoms with Gasteiger partial charge in [-0.15, -0.1) is 0 Å². The summed E-state index contributed by atoms with van der Waals surface area (Å²) in [6.45, 7) is 0. The van der Waals surface area contributed by atoms with Crippen LogP contribution in [0.5, 0.6) is 0 Å². The summed E-state index contributed by atoms with van der Waals surface area (Å²) in [4.78, 5) is 3.52. The summed E-state index contributed by atoms with van der Waals surface area (Å²) < 4.78 is 25.3. The van der Waals surface area contributed by atoms with Gasteiger partial charge < -0.3 is 0 Å². The van der Waals surface area contributed by atoms with Gasteiger partial charge in [-0.1, -0.05) is 11.6 Å². The van der Waals surface area contributed by atoms with Crippen molar-refractivity contribution in [1.82, 2.24) is 4.98 Å². The average Bonchev–Trinajstić information content (AvgIpc) is 2.11. The molecule has 0 aliphatic carbocycles. The van der Waals surface area contributed by atoms with Crippen molar-refractivity contribution in [3.63, 3.8) is 0 Å². The fourth-order valence-corrected chi connectivity index (χ4v) is 1.97. The quantitative estimate of drug-likeness (QED) is 0.781. The molecular weight excluding hydrogens is 324 g/mol. The first-order valence-corrected chi connectivity index (χ1v) is 5.01. The number of hydrogen-bond acceptors (Lipinski definition) is 2. The van der Waals surface area contributed by atoms with Gasteiger partial charge >= 0.3 is 0 Å². The van der Waals surface area contributed by atoms with E-state index in [1.807, 2.05) is 28.7 Å². The third-order valence-corrected chi connectivity index (χ3v) is 2.91. The zero-order valence-corrected chi connectivity index (χ0v) is 9.68. The molecule has 0 unspecified atom stereocenters. The molecule has 0 aromatic carbocycles. The Bertz CT molecular complexity index is 390. The van der Waals surface area contributed by atoms with Gasteiger partial charge in [0.1, 0.15) is 5.69 Å². The number of hydrogen-bond donors (Lipinski definition) is 0. The SMILES string of the molecule is N#CCc1c(I)cnc(C(F)F)c1Cl. The average molecular weight is 328 g/mol. The molecule has 0 bridgehead atoms. The highest BCUT2D eigenvalue weighted by Gasteiger charge is 2.18. The molecule has 1 aromatic rings. The summed E-state index contributed by atoms with van der Waals surface area (Å²) in [5, 5.41) is 8.37. The second kappa shape index (κ2) is 4.84. The Hall–Kier alpha value is -0.480. The summed E-state index contributed by atoms with van der Waals surface area (Å²) in [5.74, 6) is 0. The zero-order valence-electron chi connectivity index (χ0n) is 6.77. The van der Waals surface area contributed by atoms with E-state index in [2.05, 4.69) is 4.98 Å². The van der Waals surface area contributed by atoms with Gasteiger partial charge in [-0.05, 0) is 22.6 Å². The largest absolute Gasteiger partial charge is 0.281 e. The minimum Gasteiger partial charge on any atom is -0.253 e. The first-order valence-electron chi connectivity index (χ1n) is 3.55. The third-order valence-electron chi connectivity index (χ3n) is 1.56. The maximum absolute atomic E-state index is 12.3. The first kappa shape index (κ1) is 11.6. The summed E-state index contributed by atoms with van der Waals surface area (Å²) in [5.41, 5.74) is -0.0441. The molecule has 0 aliphatic heterocycles. The number of nitriles is 1. The Morgan fingerprint density at radius 2 is 2.29 bits per heavy atom. The highest BCUT2D eigenvalue weighted by atomic mass is 127. The topological polar surface area (TPSA) is 36.7 Å². The van der Waals surface area contributed by atoms with Crippen molar-refractivity contribution in [3.8, 4) is 6.07 Å². The molecule has 14 heavy (non-hydrogen) atoms. The smallest absolute Gasteiger partial charge is 0.253 e. The Morgan fingerprint density at radius 1 is 1.64 bits per heavy atom. The van der Waals surface area contributed by atoms with Gasteiger partial charge in [0.15, 0.2) is 0 Å². The Balaban J connectivity index is 3.27. The van der Waals surface area contributed by atoms with Crippen LogP contribution in [0, 0.1) is 14.9 Å². The molecule has 0 atom stereocenters. The van der Waals surface area contributed by atoms with Crippen molar-refractivity contribution >= 4 is 34.2 Å². The highest BCUT2D eigenvalue weighted by Crippen LogP contribution is 2.30. The van der Waals surface area contributed by atoms with Gasteiger partial charge in [-0.3, -0.25) is 4.98 Å². The van der Waals surface area contributed by atoms with Gasteiger partial charge in [0.2, 0.25) is 0 Å². The van der Waals surface area contributed by atoms with E-state index in [0.29, 0.717) is 9.13 Å². The number of alkyl halides is 2. The van der Waals surface area contributed by atoms with E-state index in [9.17, 15) is 8.78 Å². The lowest BCUT2D eigenvalue weighted by Crippen LogP contribution is -1.98. The third kappa shape index (κ3) is 2.30. The molecule has 0 spiro atoms. The van der Waals surface area contributed by atoms with Crippen LogP contribution in [0.25, 0.3) is 0 Å². The normalized spacial score (nSPS) is 10.3.